The van der Waals surface area contributed by atoms with Gasteiger partial charge in [0, 0.05) is 36.9 Å². The number of morpholine rings is 1. The number of benzene rings is 1. The van der Waals surface area contributed by atoms with E-state index in [0.29, 0.717) is 34.2 Å². The second-order valence-corrected chi connectivity index (χ2v) is 9.74. The number of allylic oxidation sites excluding steroid dienone is 1. The Kier molecular flexibility index (Phi) is 6.79. The van der Waals surface area contributed by atoms with Gasteiger partial charge in [-0.25, -0.2) is 19.3 Å². The number of fused-ring (bicyclic) bond motifs is 1. The van der Waals surface area contributed by atoms with E-state index in [-0.39, 0.29) is 24.3 Å². The molecule has 11 heteroatoms. The molecule has 0 amide bonds. The van der Waals surface area contributed by atoms with Crippen molar-refractivity contribution in [1.82, 2.24) is 34.5 Å². The van der Waals surface area contributed by atoms with Crippen LogP contribution >= 0.6 is 0 Å². The Morgan fingerprint density at radius 2 is 1.80 bits per heavy atom. The molecule has 1 N–H and O–H groups in total. The summed E-state index contributed by atoms with van der Waals surface area (Å²) >= 11 is 0. The molecule has 0 radical (unpaired) electrons. The van der Waals surface area contributed by atoms with Crippen molar-refractivity contribution < 1.29 is 4.74 Å². The minimum Gasteiger partial charge on any atom is -0.372 e. The normalized spacial score (nSPS) is 17.2. The number of hydrogen-bond acceptors (Lipinski definition) is 9. The number of nitrogens with one attached hydrogen (secondary N) is 1. The van der Waals surface area contributed by atoms with Crippen LogP contribution in [-0.2, 0) is 11.3 Å². The molecule has 0 aliphatic carbocycles. The summed E-state index contributed by atoms with van der Waals surface area (Å²) in [7, 11) is 0. The van der Waals surface area contributed by atoms with Crippen LogP contribution in [0.15, 0.2) is 84.4 Å². The van der Waals surface area contributed by atoms with Crippen molar-refractivity contribution in [3.63, 3.8) is 0 Å². The quantitative estimate of drug-likeness (QED) is 0.309. The molecule has 2 atom stereocenters. The molecule has 5 heterocycles. The summed E-state index contributed by atoms with van der Waals surface area (Å²) in [6, 6.07) is 17.3. The van der Waals surface area contributed by atoms with Gasteiger partial charge in [0.1, 0.15) is 11.1 Å². The molecule has 202 valence electrons. The van der Waals surface area contributed by atoms with Gasteiger partial charge in [0.15, 0.2) is 11.5 Å². The van der Waals surface area contributed by atoms with Crippen LogP contribution in [0, 0.1) is 0 Å². The van der Waals surface area contributed by atoms with Crippen LogP contribution in [0.25, 0.3) is 28.2 Å². The summed E-state index contributed by atoms with van der Waals surface area (Å²) < 4.78 is 9.09. The molecule has 1 aromatic carbocycles. The Balaban J connectivity index is 1.35. The molecule has 1 aliphatic heterocycles. The van der Waals surface area contributed by atoms with E-state index in [2.05, 4.69) is 58.0 Å². The largest absolute Gasteiger partial charge is 0.372 e. The summed E-state index contributed by atoms with van der Waals surface area (Å²) in [6.07, 6.45) is 5.18. The van der Waals surface area contributed by atoms with Gasteiger partial charge >= 0.3 is 0 Å². The Hall–Kier alpha value is -4.90. The van der Waals surface area contributed by atoms with Crippen LogP contribution in [0.4, 0.5) is 17.3 Å². The lowest BCUT2D eigenvalue weighted by molar-refractivity contribution is -0.00521. The summed E-state index contributed by atoms with van der Waals surface area (Å²) in [5, 5.41) is 11.8. The Morgan fingerprint density at radius 3 is 2.52 bits per heavy atom. The van der Waals surface area contributed by atoms with Gasteiger partial charge < -0.3 is 15.0 Å². The summed E-state index contributed by atoms with van der Waals surface area (Å²) in [6.45, 7) is 9.98. The highest BCUT2D eigenvalue weighted by molar-refractivity contribution is 5.77. The average molecular weight is 536 g/mol. The zero-order valence-corrected chi connectivity index (χ0v) is 22.3. The van der Waals surface area contributed by atoms with E-state index in [0.717, 1.165) is 24.5 Å². The third-order valence-electron chi connectivity index (χ3n) is 6.67. The lowest BCUT2D eigenvalue weighted by atomic mass is 10.2. The van der Waals surface area contributed by atoms with E-state index in [4.69, 9.17) is 14.7 Å². The predicted molar refractivity (Wildman–Crippen MR) is 154 cm³/mol. The molecule has 6 rings (SSSR count). The SMILES string of the molecule is C=CCn1c(=O)c2cnc(Nc3ccc(N4C[C@@H](C)O[C@H](C)C4)cc3)nc2n1-c1cccc(-c2cccnn2)n1. The maximum Gasteiger partial charge on any atom is 0.278 e. The Labute approximate surface area is 230 Å². The lowest BCUT2D eigenvalue weighted by Gasteiger charge is -2.36. The molecule has 1 aliphatic rings. The number of rotatable bonds is 7. The van der Waals surface area contributed by atoms with Crippen molar-refractivity contribution in [3.05, 3.63) is 90.0 Å². The van der Waals surface area contributed by atoms with Crippen LogP contribution in [0.1, 0.15) is 13.8 Å². The van der Waals surface area contributed by atoms with E-state index in [1.165, 1.54) is 4.68 Å². The third-order valence-corrected chi connectivity index (χ3v) is 6.67. The van der Waals surface area contributed by atoms with Crippen LogP contribution in [0.2, 0.25) is 0 Å². The van der Waals surface area contributed by atoms with Crippen LogP contribution in [0.5, 0.6) is 0 Å². The van der Waals surface area contributed by atoms with Gasteiger partial charge in [-0.05, 0) is 62.4 Å². The first-order valence-corrected chi connectivity index (χ1v) is 13.1. The fourth-order valence-corrected chi connectivity index (χ4v) is 5.00. The molecule has 0 unspecified atom stereocenters. The minimum atomic E-state index is -0.230. The molecular formula is C29H29N9O2. The monoisotopic (exact) mass is 535 g/mol. The molecule has 11 nitrogen and oxygen atoms in total. The van der Waals surface area contributed by atoms with Crippen molar-refractivity contribution in [2.45, 2.75) is 32.6 Å². The van der Waals surface area contributed by atoms with Crippen LogP contribution < -0.4 is 15.8 Å². The minimum absolute atomic E-state index is 0.184. The molecule has 1 fully saturated rings. The van der Waals surface area contributed by atoms with Gasteiger partial charge in [-0.2, -0.15) is 10.1 Å². The first kappa shape index (κ1) is 25.4. The number of anilines is 3. The average Bonchev–Trinajstić information content (AvgIpc) is 3.24. The topological polar surface area (TPSA) is 116 Å². The Bertz CT molecular complexity index is 1700. The van der Waals surface area contributed by atoms with E-state index in [1.807, 2.05) is 36.4 Å². The van der Waals surface area contributed by atoms with Gasteiger partial charge in [-0.15, -0.1) is 11.7 Å². The third kappa shape index (κ3) is 4.94. The number of ether oxygens (including phenoxy) is 1. The number of nitrogens with zero attached hydrogens (tertiary/aromatic N) is 8. The standard InChI is InChI=1S/C29H29N9O2/c1-4-15-37-28(39)23-16-30-29(32-21-10-12-22(13-11-21)36-17-19(2)40-20(3)18-36)34-27(23)38(37)26-9-5-7-24(33-26)25-8-6-14-31-35-25/h4-14,16,19-20H,1,15,17-18H2,2-3H3,(H,30,32,34)/t19-,20-/m1/s1. The molecule has 4 aromatic heterocycles. The first-order chi connectivity index (χ1) is 19.5. The smallest absolute Gasteiger partial charge is 0.278 e. The van der Waals surface area contributed by atoms with Gasteiger partial charge in [0.25, 0.3) is 5.56 Å². The number of aromatic nitrogens is 7. The van der Waals surface area contributed by atoms with Crippen molar-refractivity contribution >= 4 is 28.4 Å². The highest BCUT2D eigenvalue weighted by Crippen LogP contribution is 2.24. The van der Waals surface area contributed by atoms with Crippen LogP contribution in [0.3, 0.4) is 0 Å². The fraction of sp³-hybridized carbons (Fsp3) is 0.241. The van der Waals surface area contributed by atoms with Gasteiger partial charge in [0.05, 0.1) is 24.4 Å². The summed E-state index contributed by atoms with van der Waals surface area (Å²) in [5.41, 5.74) is 3.42. The van der Waals surface area contributed by atoms with E-state index >= 15 is 0 Å². The van der Waals surface area contributed by atoms with Gasteiger partial charge in [0.2, 0.25) is 5.95 Å². The second-order valence-electron chi connectivity index (χ2n) is 9.74. The maximum atomic E-state index is 13.3. The van der Waals surface area contributed by atoms with E-state index in [9.17, 15) is 4.79 Å². The van der Waals surface area contributed by atoms with Gasteiger partial charge in [-0.1, -0.05) is 12.1 Å². The zero-order chi connectivity index (χ0) is 27.6. The molecule has 1 saturated heterocycles. The fourth-order valence-electron chi connectivity index (χ4n) is 5.00. The van der Waals surface area contributed by atoms with Crippen molar-refractivity contribution in [1.29, 1.82) is 0 Å². The van der Waals surface area contributed by atoms with E-state index < -0.39 is 0 Å². The lowest BCUT2D eigenvalue weighted by Crippen LogP contribution is -2.45. The molecule has 0 bridgehead atoms. The first-order valence-electron chi connectivity index (χ1n) is 13.1. The molecule has 0 spiro atoms. The maximum absolute atomic E-state index is 13.3. The Morgan fingerprint density at radius 1 is 1.02 bits per heavy atom. The molecule has 0 saturated carbocycles. The van der Waals surface area contributed by atoms with Crippen molar-refractivity contribution in [2.24, 2.45) is 0 Å². The van der Waals surface area contributed by atoms with E-state index in [1.54, 1.807) is 29.2 Å². The predicted octanol–water partition coefficient (Wildman–Crippen LogP) is 3.98. The van der Waals surface area contributed by atoms with Crippen molar-refractivity contribution in [3.8, 4) is 17.2 Å². The molecule has 40 heavy (non-hydrogen) atoms. The number of pyridine rings is 1. The summed E-state index contributed by atoms with van der Waals surface area (Å²) in [5.74, 6) is 0.878. The zero-order valence-electron chi connectivity index (χ0n) is 22.3. The second kappa shape index (κ2) is 10.7. The highest BCUT2D eigenvalue weighted by Gasteiger charge is 2.22. The molecule has 5 aromatic rings. The molecular weight excluding hydrogens is 506 g/mol. The highest BCUT2D eigenvalue weighted by atomic mass is 16.5. The van der Waals surface area contributed by atoms with Crippen LogP contribution in [-0.4, -0.2) is 59.8 Å². The summed E-state index contributed by atoms with van der Waals surface area (Å²) in [4.78, 5) is 29.6. The van der Waals surface area contributed by atoms with Crippen molar-refractivity contribution in [2.75, 3.05) is 23.3 Å². The number of hydrogen-bond donors (Lipinski definition) is 1. The van der Waals surface area contributed by atoms with Gasteiger partial charge in [-0.3, -0.25) is 4.79 Å².